The quantitative estimate of drug-likeness (QED) is 0.601. The number of hydrogen-bond donors (Lipinski definition) is 2. The van der Waals surface area contributed by atoms with Gasteiger partial charge in [0.1, 0.15) is 0 Å². The summed E-state index contributed by atoms with van der Waals surface area (Å²) >= 11 is 0. The lowest BCUT2D eigenvalue weighted by Gasteiger charge is -2.11. The first-order chi connectivity index (χ1) is 13.6. The average Bonchev–Trinajstić information content (AvgIpc) is 2.72. The second kappa shape index (κ2) is 9.03. The molecule has 0 radical (unpaired) electrons. The first-order valence-electron chi connectivity index (χ1n) is 9.10. The highest BCUT2D eigenvalue weighted by atomic mass is 16.5. The molecule has 146 valence electrons. The number of aromatic nitrogens is 3. The lowest BCUT2D eigenvalue weighted by atomic mass is 10.0. The summed E-state index contributed by atoms with van der Waals surface area (Å²) in [6, 6.07) is 14.0. The molecule has 1 aromatic heterocycles. The molecule has 0 amide bonds. The van der Waals surface area contributed by atoms with Crippen molar-refractivity contribution < 1.29 is 9.47 Å². The number of ether oxygens (including phenoxy) is 2. The van der Waals surface area contributed by atoms with Crippen LogP contribution in [0.4, 0.5) is 17.5 Å². The highest BCUT2D eigenvalue weighted by Gasteiger charge is 2.06. The monoisotopic (exact) mass is 379 g/mol. The zero-order chi connectivity index (χ0) is 19.9. The minimum atomic E-state index is 0.439. The van der Waals surface area contributed by atoms with E-state index in [0.717, 1.165) is 11.3 Å². The van der Waals surface area contributed by atoms with Crippen molar-refractivity contribution in [1.82, 2.24) is 15.2 Å². The molecule has 0 saturated carbocycles. The number of anilines is 3. The van der Waals surface area contributed by atoms with Crippen LogP contribution in [0.3, 0.4) is 0 Å². The van der Waals surface area contributed by atoms with Crippen LogP contribution in [-0.4, -0.2) is 29.4 Å². The molecule has 0 aliphatic rings. The van der Waals surface area contributed by atoms with Gasteiger partial charge in [-0.25, -0.2) is 0 Å². The van der Waals surface area contributed by atoms with Gasteiger partial charge in [-0.15, -0.1) is 5.10 Å². The summed E-state index contributed by atoms with van der Waals surface area (Å²) < 4.78 is 10.6. The van der Waals surface area contributed by atoms with Crippen LogP contribution in [0.15, 0.2) is 48.7 Å². The van der Waals surface area contributed by atoms with Crippen molar-refractivity contribution in [2.24, 2.45) is 0 Å². The van der Waals surface area contributed by atoms with Crippen molar-refractivity contribution in [3.05, 3.63) is 59.8 Å². The van der Waals surface area contributed by atoms with Crippen molar-refractivity contribution in [3.8, 4) is 11.5 Å². The predicted molar refractivity (Wildman–Crippen MR) is 111 cm³/mol. The topological polar surface area (TPSA) is 81.2 Å². The first kappa shape index (κ1) is 19.4. The van der Waals surface area contributed by atoms with Gasteiger partial charge >= 0.3 is 0 Å². The van der Waals surface area contributed by atoms with Crippen molar-refractivity contribution in [1.29, 1.82) is 0 Å². The second-order valence-electron chi connectivity index (χ2n) is 6.61. The summed E-state index contributed by atoms with van der Waals surface area (Å²) in [4.78, 5) is 4.47. The zero-order valence-electron chi connectivity index (χ0n) is 16.6. The molecule has 0 atom stereocenters. The molecule has 0 saturated heterocycles. The van der Waals surface area contributed by atoms with E-state index in [1.54, 1.807) is 20.4 Å². The molecule has 0 bridgehead atoms. The van der Waals surface area contributed by atoms with Gasteiger partial charge in [-0.1, -0.05) is 32.0 Å². The summed E-state index contributed by atoms with van der Waals surface area (Å²) in [6.45, 7) is 4.91. The third-order valence-electron chi connectivity index (χ3n) is 4.31. The number of methoxy groups -OCH3 is 2. The zero-order valence-corrected chi connectivity index (χ0v) is 16.6. The van der Waals surface area contributed by atoms with Gasteiger partial charge in [0.25, 0.3) is 0 Å². The predicted octanol–water partition coefficient (Wildman–Crippen LogP) is 4.37. The van der Waals surface area contributed by atoms with Crippen molar-refractivity contribution >= 4 is 17.5 Å². The molecule has 0 spiro atoms. The molecule has 0 fully saturated rings. The third-order valence-corrected chi connectivity index (χ3v) is 4.31. The van der Waals surface area contributed by atoms with Crippen LogP contribution in [-0.2, 0) is 6.54 Å². The van der Waals surface area contributed by atoms with Gasteiger partial charge in [-0.2, -0.15) is 10.1 Å². The van der Waals surface area contributed by atoms with Crippen LogP contribution in [0, 0.1) is 0 Å². The van der Waals surface area contributed by atoms with E-state index in [4.69, 9.17) is 9.47 Å². The van der Waals surface area contributed by atoms with Crippen molar-refractivity contribution in [2.45, 2.75) is 26.3 Å². The van der Waals surface area contributed by atoms with E-state index in [0.29, 0.717) is 35.7 Å². The number of nitrogens with one attached hydrogen (secondary N) is 2. The lowest BCUT2D eigenvalue weighted by Crippen LogP contribution is -2.06. The number of hydrogen-bond acceptors (Lipinski definition) is 7. The Morgan fingerprint density at radius 3 is 2.39 bits per heavy atom. The van der Waals surface area contributed by atoms with E-state index < -0.39 is 0 Å². The summed E-state index contributed by atoms with van der Waals surface area (Å²) in [6.07, 6.45) is 1.59. The molecule has 1 heterocycles. The molecule has 7 heteroatoms. The molecule has 0 aliphatic heterocycles. The number of nitrogens with zero attached hydrogens (tertiary/aromatic N) is 3. The first-order valence-corrected chi connectivity index (χ1v) is 9.10. The molecule has 7 nitrogen and oxygen atoms in total. The van der Waals surface area contributed by atoms with Gasteiger partial charge in [0.15, 0.2) is 17.3 Å². The molecule has 2 aromatic carbocycles. The maximum atomic E-state index is 5.34. The summed E-state index contributed by atoms with van der Waals surface area (Å²) in [7, 11) is 3.24. The van der Waals surface area contributed by atoms with E-state index in [2.05, 4.69) is 51.8 Å². The highest BCUT2D eigenvalue weighted by molar-refractivity contribution is 5.55. The fourth-order valence-corrected chi connectivity index (χ4v) is 2.71. The summed E-state index contributed by atoms with van der Waals surface area (Å²) in [5, 5.41) is 14.5. The smallest absolute Gasteiger partial charge is 0.249 e. The van der Waals surface area contributed by atoms with Gasteiger partial charge in [0, 0.05) is 12.2 Å². The SMILES string of the molecule is COc1ccc(CNc2cnnc(Nc3ccc(C(C)C)cc3)n2)cc1OC. The Bertz CT molecular complexity index is 913. The minimum absolute atomic E-state index is 0.439. The average molecular weight is 379 g/mol. The molecule has 0 aliphatic carbocycles. The molecular formula is C21H25N5O2. The fraction of sp³-hybridized carbons (Fsp3) is 0.286. The van der Waals surface area contributed by atoms with Crippen LogP contribution in [0.1, 0.15) is 30.9 Å². The van der Waals surface area contributed by atoms with Gasteiger partial charge in [0.05, 0.1) is 20.4 Å². The molecule has 3 rings (SSSR count). The van der Waals surface area contributed by atoms with Crippen LogP contribution >= 0.6 is 0 Å². The third kappa shape index (κ3) is 4.88. The Morgan fingerprint density at radius 1 is 0.964 bits per heavy atom. The lowest BCUT2D eigenvalue weighted by molar-refractivity contribution is 0.354. The number of rotatable bonds is 8. The van der Waals surface area contributed by atoms with Gasteiger partial charge in [-0.05, 0) is 41.3 Å². The normalized spacial score (nSPS) is 10.6. The van der Waals surface area contributed by atoms with Crippen molar-refractivity contribution in [3.63, 3.8) is 0 Å². The summed E-state index contributed by atoms with van der Waals surface area (Å²) in [5.41, 5.74) is 3.24. The van der Waals surface area contributed by atoms with E-state index in [1.165, 1.54) is 5.56 Å². The standard InChI is InChI=1S/C21H25N5O2/c1-14(2)16-6-8-17(9-7-16)24-21-25-20(13-23-26-21)22-12-15-5-10-18(27-3)19(11-15)28-4/h5-11,13-14H,12H2,1-4H3,(H2,22,24,25,26). The van der Waals surface area contributed by atoms with Gasteiger partial charge in [-0.3, -0.25) is 0 Å². The molecule has 28 heavy (non-hydrogen) atoms. The summed E-state index contributed by atoms with van der Waals surface area (Å²) in [5.74, 6) is 2.96. The Hall–Kier alpha value is -3.35. The fourth-order valence-electron chi connectivity index (χ4n) is 2.71. The van der Waals surface area contributed by atoms with E-state index in [-0.39, 0.29) is 0 Å². The minimum Gasteiger partial charge on any atom is -0.493 e. The Morgan fingerprint density at radius 2 is 1.71 bits per heavy atom. The molecule has 2 N–H and O–H groups in total. The maximum absolute atomic E-state index is 5.34. The van der Waals surface area contributed by atoms with E-state index >= 15 is 0 Å². The van der Waals surface area contributed by atoms with E-state index in [9.17, 15) is 0 Å². The molecule has 0 unspecified atom stereocenters. The maximum Gasteiger partial charge on any atom is 0.249 e. The van der Waals surface area contributed by atoms with E-state index in [1.807, 2.05) is 30.3 Å². The molecule has 3 aromatic rings. The highest BCUT2D eigenvalue weighted by Crippen LogP contribution is 2.27. The Balaban J connectivity index is 1.65. The second-order valence-corrected chi connectivity index (χ2v) is 6.61. The van der Waals surface area contributed by atoms with Crippen LogP contribution in [0.5, 0.6) is 11.5 Å². The molecular weight excluding hydrogens is 354 g/mol. The Labute approximate surface area is 165 Å². The number of benzene rings is 2. The largest absolute Gasteiger partial charge is 0.493 e. The van der Waals surface area contributed by atoms with Crippen molar-refractivity contribution in [2.75, 3.05) is 24.9 Å². The van der Waals surface area contributed by atoms with Crippen LogP contribution in [0.2, 0.25) is 0 Å². The van der Waals surface area contributed by atoms with Gasteiger partial charge < -0.3 is 20.1 Å². The van der Waals surface area contributed by atoms with Crippen LogP contribution < -0.4 is 20.1 Å². The van der Waals surface area contributed by atoms with Crippen LogP contribution in [0.25, 0.3) is 0 Å². The van der Waals surface area contributed by atoms with Gasteiger partial charge in [0.2, 0.25) is 5.95 Å². The Kier molecular flexibility index (Phi) is 6.26.